The molecule has 0 fully saturated rings. The molecule has 0 aliphatic heterocycles. The second-order valence-corrected chi connectivity index (χ2v) is 2.76. The maximum atomic E-state index is 3.18. The van der Waals surface area contributed by atoms with Crippen LogP contribution in [0.1, 0.15) is 25.7 Å². The lowest BCUT2D eigenvalue weighted by Crippen LogP contribution is -1.67. The van der Waals surface area contributed by atoms with Gasteiger partial charge in [0.05, 0.1) is 0 Å². The summed E-state index contributed by atoms with van der Waals surface area (Å²) in [7, 11) is 0. The van der Waals surface area contributed by atoms with Gasteiger partial charge in [-0.05, 0) is 31.8 Å². The molecule has 0 amide bonds. The molecular formula is C12H15. The lowest BCUT2D eigenvalue weighted by atomic mass is 10.2. The maximum Gasteiger partial charge on any atom is -0.00945 e. The van der Waals surface area contributed by atoms with Gasteiger partial charge in [-0.15, -0.1) is 0 Å². The minimum atomic E-state index is 0.929. The van der Waals surface area contributed by atoms with E-state index in [2.05, 4.69) is 42.5 Å². The van der Waals surface area contributed by atoms with Crippen molar-refractivity contribution >= 4 is 0 Å². The second kappa shape index (κ2) is 6.66. The van der Waals surface area contributed by atoms with E-state index in [4.69, 9.17) is 0 Å². The highest BCUT2D eigenvalue weighted by Crippen LogP contribution is 1.98. The largest absolute Gasteiger partial charge is 0.0879 e. The average Bonchev–Trinajstić information content (AvgIpc) is 2.05. The summed E-state index contributed by atoms with van der Waals surface area (Å²) < 4.78 is 0. The van der Waals surface area contributed by atoms with Crippen molar-refractivity contribution in [1.29, 1.82) is 0 Å². The van der Waals surface area contributed by atoms with Gasteiger partial charge >= 0.3 is 0 Å². The third kappa shape index (κ3) is 4.73. The van der Waals surface area contributed by atoms with E-state index in [0.29, 0.717) is 0 Å². The van der Waals surface area contributed by atoms with Gasteiger partial charge in [0.2, 0.25) is 0 Å². The first-order valence-corrected chi connectivity index (χ1v) is 4.52. The predicted octanol–water partition coefficient (Wildman–Crippen LogP) is 3.59. The Labute approximate surface area is 75.0 Å². The molecule has 0 bridgehead atoms. The molecule has 1 rings (SSSR count). The molecule has 0 aromatic carbocycles. The Kier molecular flexibility index (Phi) is 5.02. The van der Waals surface area contributed by atoms with E-state index in [1.165, 1.54) is 0 Å². The summed E-state index contributed by atoms with van der Waals surface area (Å²) in [5, 5.41) is 0. The Bertz CT molecular complexity index is 204. The molecule has 0 saturated carbocycles. The molecular weight excluding hydrogens is 144 g/mol. The van der Waals surface area contributed by atoms with E-state index in [0.717, 1.165) is 25.7 Å². The van der Waals surface area contributed by atoms with Crippen molar-refractivity contribution < 1.29 is 0 Å². The lowest BCUT2D eigenvalue weighted by molar-refractivity contribution is 1.04. The van der Waals surface area contributed by atoms with Crippen LogP contribution in [-0.4, -0.2) is 0 Å². The Morgan fingerprint density at radius 1 is 0.833 bits per heavy atom. The summed E-state index contributed by atoms with van der Waals surface area (Å²) in [4.78, 5) is 0. The number of allylic oxidation sites excluding steroid dienone is 8. The van der Waals surface area contributed by atoms with E-state index in [1.54, 1.807) is 0 Å². The van der Waals surface area contributed by atoms with Crippen LogP contribution in [0.2, 0.25) is 0 Å². The fraction of sp³-hybridized carbons (Fsp3) is 0.333. The quantitative estimate of drug-likeness (QED) is 0.474. The van der Waals surface area contributed by atoms with Crippen molar-refractivity contribution in [2.75, 3.05) is 0 Å². The fourth-order valence-electron chi connectivity index (χ4n) is 1.03. The minimum Gasteiger partial charge on any atom is -0.0879 e. The van der Waals surface area contributed by atoms with Gasteiger partial charge < -0.3 is 0 Å². The summed E-state index contributed by atoms with van der Waals surface area (Å²) in [6.07, 6.45) is 22.5. The van der Waals surface area contributed by atoms with Crippen LogP contribution in [0.3, 0.4) is 0 Å². The first kappa shape index (κ1) is 9.05. The Hall–Kier alpha value is -1.04. The van der Waals surface area contributed by atoms with Gasteiger partial charge in [-0.25, -0.2) is 0 Å². The van der Waals surface area contributed by atoms with Crippen molar-refractivity contribution in [3.05, 3.63) is 48.6 Å². The highest BCUT2D eigenvalue weighted by Gasteiger charge is 1.78. The van der Waals surface area contributed by atoms with Crippen LogP contribution < -0.4 is 0 Å². The molecule has 0 nitrogen and oxygen atoms in total. The van der Waals surface area contributed by atoms with Crippen LogP contribution in [0.5, 0.6) is 0 Å². The van der Waals surface area contributed by atoms with Crippen molar-refractivity contribution in [3.8, 4) is 0 Å². The standard InChI is InChI=1S/C12H15/c1-2-4-6-8-10-12-11-9-7-5-3-1/h1-3,8-11H,4,6-7,12H2/b2-1-,5-3?,10-8-,11-9+. The zero-order valence-corrected chi connectivity index (χ0v) is 7.37. The number of hydrogen-bond acceptors (Lipinski definition) is 0. The molecule has 1 aliphatic rings. The van der Waals surface area contributed by atoms with Crippen molar-refractivity contribution in [1.82, 2.24) is 0 Å². The smallest absolute Gasteiger partial charge is 0.00945 e. The molecule has 0 heteroatoms. The van der Waals surface area contributed by atoms with Crippen LogP contribution >= 0.6 is 0 Å². The molecule has 0 aromatic heterocycles. The SMILES string of the molecule is [C]1=C/C=C\CC/C=C\C/C=C/C/1. The van der Waals surface area contributed by atoms with Gasteiger partial charge in [0, 0.05) is 0 Å². The van der Waals surface area contributed by atoms with Gasteiger partial charge in [-0.2, -0.15) is 0 Å². The van der Waals surface area contributed by atoms with Crippen molar-refractivity contribution in [2.24, 2.45) is 0 Å². The molecule has 0 atom stereocenters. The molecule has 0 N–H and O–H groups in total. The van der Waals surface area contributed by atoms with Crippen molar-refractivity contribution in [3.63, 3.8) is 0 Å². The van der Waals surface area contributed by atoms with Crippen LogP contribution in [-0.2, 0) is 0 Å². The minimum absolute atomic E-state index is 0.929. The highest BCUT2D eigenvalue weighted by molar-refractivity contribution is 5.03. The van der Waals surface area contributed by atoms with E-state index in [9.17, 15) is 0 Å². The first-order valence-electron chi connectivity index (χ1n) is 4.52. The molecule has 0 aromatic rings. The van der Waals surface area contributed by atoms with Crippen LogP contribution in [0, 0.1) is 6.08 Å². The Morgan fingerprint density at radius 2 is 1.67 bits per heavy atom. The van der Waals surface area contributed by atoms with Gasteiger partial charge in [0.1, 0.15) is 0 Å². The maximum absolute atomic E-state index is 3.18. The van der Waals surface area contributed by atoms with E-state index in [1.807, 2.05) is 6.08 Å². The van der Waals surface area contributed by atoms with Crippen LogP contribution in [0.25, 0.3) is 0 Å². The van der Waals surface area contributed by atoms with Crippen molar-refractivity contribution in [2.45, 2.75) is 25.7 Å². The molecule has 1 aliphatic carbocycles. The second-order valence-electron chi connectivity index (χ2n) is 2.76. The molecule has 1 radical (unpaired) electrons. The molecule has 0 heterocycles. The normalized spacial score (nSPS) is 29.3. The topological polar surface area (TPSA) is 0 Å². The zero-order valence-electron chi connectivity index (χ0n) is 7.37. The van der Waals surface area contributed by atoms with E-state index < -0.39 is 0 Å². The molecule has 0 saturated heterocycles. The van der Waals surface area contributed by atoms with Gasteiger partial charge in [0.25, 0.3) is 0 Å². The number of hydrogen-bond donors (Lipinski definition) is 0. The third-order valence-corrected chi connectivity index (χ3v) is 1.69. The highest BCUT2D eigenvalue weighted by atomic mass is 13.8. The lowest BCUT2D eigenvalue weighted by Gasteiger charge is -1.87. The summed E-state index contributed by atoms with van der Waals surface area (Å²) >= 11 is 0. The zero-order chi connectivity index (χ0) is 8.49. The predicted molar refractivity (Wildman–Crippen MR) is 53.7 cm³/mol. The molecule has 12 heavy (non-hydrogen) atoms. The summed E-state index contributed by atoms with van der Waals surface area (Å²) in [6, 6.07) is 0. The molecule has 0 spiro atoms. The fourth-order valence-corrected chi connectivity index (χ4v) is 1.03. The molecule has 0 unspecified atom stereocenters. The van der Waals surface area contributed by atoms with Gasteiger partial charge in [0.15, 0.2) is 0 Å². The molecule has 63 valence electrons. The van der Waals surface area contributed by atoms with Crippen LogP contribution in [0.15, 0.2) is 42.5 Å². The van der Waals surface area contributed by atoms with Gasteiger partial charge in [-0.3, -0.25) is 0 Å². The van der Waals surface area contributed by atoms with E-state index in [-0.39, 0.29) is 0 Å². The summed E-state index contributed by atoms with van der Waals surface area (Å²) in [5.41, 5.74) is 0. The number of rotatable bonds is 0. The Morgan fingerprint density at radius 3 is 2.67 bits per heavy atom. The first-order chi connectivity index (χ1) is 6.00. The van der Waals surface area contributed by atoms with E-state index >= 15 is 0 Å². The van der Waals surface area contributed by atoms with Crippen LogP contribution in [0.4, 0.5) is 0 Å². The monoisotopic (exact) mass is 159 g/mol. The summed E-state index contributed by atoms with van der Waals surface area (Å²) in [6.45, 7) is 0. The average molecular weight is 159 g/mol. The Balaban J connectivity index is 2.41. The van der Waals surface area contributed by atoms with Gasteiger partial charge in [-0.1, -0.05) is 42.5 Å². The summed E-state index contributed by atoms with van der Waals surface area (Å²) in [5.74, 6) is 0. The third-order valence-electron chi connectivity index (χ3n) is 1.69.